The standard InChI is InChI=1S/C17H14ClN5S2.3ClH/c18-11-5-3-4-9-10(11)8-14(15(9)22-23-16(19)20)25-17-21-12-6-1-2-7-13(12)24-17;;;/h1-7,14H,8H2,(H4,19,20,23);3*1H/b22-15+;;;. The van der Waals surface area contributed by atoms with E-state index >= 15 is 0 Å². The highest BCUT2D eigenvalue weighted by atomic mass is 35.5. The summed E-state index contributed by atoms with van der Waals surface area (Å²) in [7, 11) is 0. The van der Waals surface area contributed by atoms with Crippen molar-refractivity contribution in [3.8, 4) is 0 Å². The highest BCUT2D eigenvalue weighted by Crippen LogP contribution is 2.40. The van der Waals surface area contributed by atoms with E-state index in [2.05, 4.69) is 16.3 Å². The lowest BCUT2D eigenvalue weighted by molar-refractivity contribution is 1.09. The van der Waals surface area contributed by atoms with Crippen LogP contribution in [-0.2, 0) is 6.42 Å². The van der Waals surface area contributed by atoms with E-state index in [4.69, 9.17) is 28.1 Å². The molecule has 3 aromatic rings. The second-order valence-corrected chi connectivity index (χ2v) is 8.42. The molecule has 0 saturated heterocycles. The van der Waals surface area contributed by atoms with Crippen LogP contribution in [0.2, 0.25) is 5.02 Å². The number of para-hydroxylation sites is 1. The van der Waals surface area contributed by atoms with E-state index in [1.54, 1.807) is 23.1 Å². The minimum Gasteiger partial charge on any atom is -0.369 e. The molecule has 0 aliphatic heterocycles. The molecule has 0 amide bonds. The van der Waals surface area contributed by atoms with Crippen LogP contribution in [0.5, 0.6) is 0 Å². The van der Waals surface area contributed by atoms with Gasteiger partial charge in [0.1, 0.15) is 0 Å². The molecule has 0 radical (unpaired) electrons. The van der Waals surface area contributed by atoms with Crippen molar-refractivity contribution in [1.29, 1.82) is 0 Å². The van der Waals surface area contributed by atoms with Crippen molar-refractivity contribution in [2.24, 2.45) is 21.7 Å². The van der Waals surface area contributed by atoms with Gasteiger partial charge in [-0.2, -0.15) is 5.10 Å². The second kappa shape index (κ2) is 10.5. The maximum Gasteiger partial charge on any atom is 0.211 e. The minimum atomic E-state index is -0.0632. The van der Waals surface area contributed by atoms with Crippen molar-refractivity contribution in [1.82, 2.24) is 4.98 Å². The first-order valence-electron chi connectivity index (χ1n) is 7.58. The lowest BCUT2D eigenvalue weighted by atomic mass is 10.1. The highest BCUT2D eigenvalue weighted by molar-refractivity contribution is 8.02. The summed E-state index contributed by atoms with van der Waals surface area (Å²) in [5, 5.41) is 8.95. The molecule has 1 aliphatic carbocycles. The number of halogens is 4. The zero-order valence-corrected chi connectivity index (χ0v) is 19.1. The van der Waals surface area contributed by atoms with Gasteiger partial charge in [0.25, 0.3) is 0 Å². The summed E-state index contributed by atoms with van der Waals surface area (Å²) in [6.07, 6.45) is 0.772. The molecule has 1 atom stereocenters. The summed E-state index contributed by atoms with van der Waals surface area (Å²) in [6.45, 7) is 0. The molecule has 0 saturated carbocycles. The van der Waals surface area contributed by atoms with Gasteiger partial charge in [0.15, 0.2) is 4.34 Å². The summed E-state index contributed by atoms with van der Waals surface area (Å²) in [5.41, 5.74) is 14.8. The lowest BCUT2D eigenvalue weighted by Crippen LogP contribution is -2.22. The number of thioether (sulfide) groups is 1. The molecule has 1 unspecified atom stereocenters. The fraction of sp³-hybridized carbons (Fsp3) is 0.118. The molecular weight excluding hydrogens is 480 g/mol. The van der Waals surface area contributed by atoms with E-state index in [1.165, 1.54) is 4.70 Å². The number of guanidine groups is 1. The van der Waals surface area contributed by atoms with Crippen LogP contribution < -0.4 is 11.5 Å². The molecule has 5 nitrogen and oxygen atoms in total. The Balaban J connectivity index is 0.00000131. The Labute approximate surface area is 194 Å². The average Bonchev–Trinajstić information content (AvgIpc) is 3.14. The number of nitrogens with zero attached hydrogens (tertiary/aromatic N) is 3. The van der Waals surface area contributed by atoms with Gasteiger partial charge in [0, 0.05) is 10.6 Å². The topological polar surface area (TPSA) is 89.7 Å². The minimum absolute atomic E-state index is 0. The Morgan fingerprint density at radius 2 is 1.86 bits per heavy atom. The molecule has 2 aromatic carbocycles. The van der Waals surface area contributed by atoms with Gasteiger partial charge in [-0.1, -0.05) is 47.6 Å². The molecule has 150 valence electrons. The summed E-state index contributed by atoms with van der Waals surface area (Å²) in [6, 6.07) is 13.9. The number of aromatic nitrogens is 1. The molecule has 1 aromatic heterocycles. The Kier molecular flexibility index (Phi) is 9.33. The van der Waals surface area contributed by atoms with Gasteiger partial charge < -0.3 is 11.5 Å². The van der Waals surface area contributed by atoms with Crippen LogP contribution in [0.25, 0.3) is 10.2 Å². The monoisotopic (exact) mass is 495 g/mol. The smallest absolute Gasteiger partial charge is 0.211 e. The summed E-state index contributed by atoms with van der Waals surface area (Å²) < 4.78 is 2.16. The van der Waals surface area contributed by atoms with E-state index in [0.717, 1.165) is 38.1 Å². The summed E-state index contributed by atoms with van der Waals surface area (Å²) in [5.74, 6) is -0.0632. The molecule has 1 heterocycles. The molecule has 4 rings (SSSR count). The maximum absolute atomic E-state index is 6.37. The molecule has 4 N–H and O–H groups in total. The van der Waals surface area contributed by atoms with Gasteiger partial charge in [-0.05, 0) is 30.2 Å². The van der Waals surface area contributed by atoms with Crippen molar-refractivity contribution < 1.29 is 0 Å². The molecular formula is C17H17Cl4N5S2. The Bertz CT molecular complexity index is 985. The fourth-order valence-electron chi connectivity index (χ4n) is 2.81. The van der Waals surface area contributed by atoms with Crippen LogP contribution in [0.4, 0.5) is 0 Å². The van der Waals surface area contributed by atoms with Gasteiger partial charge in [0.2, 0.25) is 5.96 Å². The Hall–Kier alpha value is -1.22. The first-order chi connectivity index (χ1) is 12.1. The van der Waals surface area contributed by atoms with Crippen LogP contribution in [0, 0.1) is 0 Å². The van der Waals surface area contributed by atoms with Crippen molar-refractivity contribution in [2.75, 3.05) is 0 Å². The zero-order chi connectivity index (χ0) is 17.4. The van der Waals surface area contributed by atoms with Crippen molar-refractivity contribution >= 4 is 93.8 Å². The number of benzene rings is 2. The van der Waals surface area contributed by atoms with Crippen molar-refractivity contribution in [2.45, 2.75) is 16.0 Å². The largest absolute Gasteiger partial charge is 0.369 e. The first-order valence-corrected chi connectivity index (χ1v) is 9.65. The SMILES string of the molecule is Cl.Cl.Cl.NC(N)=N/N=C1\c2cccc(Cl)c2CC1Sc1nc2ccccc2s1. The summed E-state index contributed by atoms with van der Waals surface area (Å²) in [4.78, 5) is 4.70. The third kappa shape index (κ3) is 5.03. The van der Waals surface area contributed by atoms with Gasteiger partial charge in [-0.15, -0.1) is 53.7 Å². The lowest BCUT2D eigenvalue weighted by Gasteiger charge is -2.07. The van der Waals surface area contributed by atoms with E-state index < -0.39 is 0 Å². The fourth-order valence-corrected chi connectivity index (χ4v) is 5.50. The number of fused-ring (bicyclic) bond motifs is 2. The molecule has 28 heavy (non-hydrogen) atoms. The van der Waals surface area contributed by atoms with Gasteiger partial charge in [-0.3, -0.25) is 0 Å². The molecule has 0 fully saturated rings. The van der Waals surface area contributed by atoms with Gasteiger partial charge >= 0.3 is 0 Å². The van der Waals surface area contributed by atoms with E-state index in [1.807, 2.05) is 36.4 Å². The zero-order valence-electron chi connectivity index (χ0n) is 14.2. The van der Waals surface area contributed by atoms with Crippen molar-refractivity contribution in [3.05, 3.63) is 58.6 Å². The Morgan fingerprint density at radius 1 is 1.11 bits per heavy atom. The third-order valence-electron chi connectivity index (χ3n) is 3.88. The third-order valence-corrected chi connectivity index (χ3v) is 6.57. The molecule has 11 heteroatoms. The highest BCUT2D eigenvalue weighted by Gasteiger charge is 2.32. The van der Waals surface area contributed by atoms with E-state index in [0.29, 0.717) is 0 Å². The van der Waals surface area contributed by atoms with Crippen LogP contribution in [0.15, 0.2) is 57.0 Å². The van der Waals surface area contributed by atoms with Crippen LogP contribution in [-0.4, -0.2) is 21.9 Å². The quantitative estimate of drug-likeness (QED) is 0.306. The van der Waals surface area contributed by atoms with Gasteiger partial charge in [0.05, 0.1) is 21.2 Å². The first kappa shape index (κ1) is 24.8. The van der Waals surface area contributed by atoms with E-state index in [9.17, 15) is 0 Å². The van der Waals surface area contributed by atoms with Crippen LogP contribution >= 0.6 is 71.9 Å². The summed E-state index contributed by atoms with van der Waals surface area (Å²) >= 11 is 9.71. The second-order valence-electron chi connectivity index (χ2n) is 5.53. The van der Waals surface area contributed by atoms with Gasteiger partial charge in [-0.25, -0.2) is 4.98 Å². The van der Waals surface area contributed by atoms with Crippen LogP contribution in [0.3, 0.4) is 0 Å². The number of rotatable bonds is 3. The van der Waals surface area contributed by atoms with Crippen LogP contribution in [0.1, 0.15) is 11.1 Å². The normalized spacial score (nSPS) is 15.9. The predicted octanol–water partition coefficient (Wildman–Crippen LogP) is 4.91. The number of thiazole rings is 1. The van der Waals surface area contributed by atoms with Crippen molar-refractivity contribution in [3.63, 3.8) is 0 Å². The molecule has 0 spiro atoms. The number of hydrogen-bond donors (Lipinski definition) is 2. The molecule has 1 aliphatic rings. The molecule has 0 bridgehead atoms. The number of hydrogen-bond acceptors (Lipinski definition) is 5. The number of nitrogens with two attached hydrogens (primary N) is 2. The predicted molar refractivity (Wildman–Crippen MR) is 129 cm³/mol. The van der Waals surface area contributed by atoms with E-state index in [-0.39, 0.29) is 48.4 Å². The average molecular weight is 497 g/mol. The maximum atomic E-state index is 6.37. The Morgan fingerprint density at radius 3 is 2.57 bits per heavy atom.